The van der Waals surface area contributed by atoms with Crippen molar-refractivity contribution in [3.63, 3.8) is 0 Å². The second-order valence-corrected chi connectivity index (χ2v) is 4.85. The molecule has 0 fully saturated rings. The van der Waals surface area contributed by atoms with Gasteiger partial charge in [0.15, 0.2) is 5.69 Å². The first-order valence-corrected chi connectivity index (χ1v) is 6.61. The van der Waals surface area contributed by atoms with Crippen molar-refractivity contribution >= 4 is 23.4 Å². The van der Waals surface area contributed by atoms with Crippen LogP contribution in [0.4, 0.5) is 5.69 Å². The van der Waals surface area contributed by atoms with Crippen molar-refractivity contribution in [2.75, 3.05) is 0 Å². The lowest BCUT2D eigenvalue weighted by molar-refractivity contribution is -0.387. The largest absolute Gasteiger partial charge is 0.477 e. The number of carboxylic acids is 1. The predicted molar refractivity (Wildman–Crippen MR) is 73.9 cm³/mol. The van der Waals surface area contributed by atoms with Gasteiger partial charge in [0.05, 0.1) is 9.82 Å². The van der Waals surface area contributed by atoms with Crippen molar-refractivity contribution in [2.24, 2.45) is 0 Å². The summed E-state index contributed by atoms with van der Waals surface area (Å²) in [4.78, 5) is 25.8. The number of carbonyl (C=O) groups is 1. The van der Waals surface area contributed by atoms with Gasteiger partial charge in [-0.2, -0.15) is 0 Å². The summed E-state index contributed by atoms with van der Waals surface area (Å²) in [6.07, 6.45) is 1.41. The van der Waals surface area contributed by atoms with Crippen LogP contribution in [0.1, 0.15) is 16.1 Å². The van der Waals surface area contributed by atoms with Crippen molar-refractivity contribution in [1.29, 1.82) is 0 Å². The van der Waals surface area contributed by atoms with E-state index >= 15 is 0 Å². The van der Waals surface area contributed by atoms with Gasteiger partial charge < -0.3 is 5.11 Å². The van der Waals surface area contributed by atoms with Crippen LogP contribution in [0.3, 0.4) is 0 Å². The SMILES string of the molecule is O=C(O)c1ncccc1CSc1ccccc1[N+](=O)[O-]. The Morgan fingerprint density at radius 3 is 2.75 bits per heavy atom. The maximum Gasteiger partial charge on any atom is 0.354 e. The number of nitro benzene ring substituents is 1. The van der Waals surface area contributed by atoms with E-state index < -0.39 is 10.9 Å². The Morgan fingerprint density at radius 2 is 2.05 bits per heavy atom. The van der Waals surface area contributed by atoms with Crippen LogP contribution in [0.5, 0.6) is 0 Å². The number of aromatic nitrogens is 1. The number of aromatic carboxylic acids is 1. The normalized spacial score (nSPS) is 10.2. The Hall–Kier alpha value is -2.41. The third-order valence-corrected chi connectivity index (χ3v) is 3.65. The summed E-state index contributed by atoms with van der Waals surface area (Å²) in [6, 6.07) is 9.65. The van der Waals surface area contributed by atoms with Crippen molar-refractivity contribution < 1.29 is 14.8 Å². The topological polar surface area (TPSA) is 93.3 Å². The Morgan fingerprint density at radius 1 is 1.30 bits per heavy atom. The molecule has 0 bridgehead atoms. The quantitative estimate of drug-likeness (QED) is 0.517. The van der Waals surface area contributed by atoms with Gasteiger partial charge in [-0.25, -0.2) is 9.78 Å². The molecule has 0 aliphatic rings. The number of hydrogen-bond donors (Lipinski definition) is 1. The summed E-state index contributed by atoms with van der Waals surface area (Å²) in [5.41, 5.74) is 0.514. The van der Waals surface area contributed by atoms with E-state index in [-0.39, 0.29) is 11.4 Å². The minimum Gasteiger partial charge on any atom is -0.477 e. The smallest absolute Gasteiger partial charge is 0.354 e. The van der Waals surface area contributed by atoms with Gasteiger partial charge in [-0.3, -0.25) is 10.1 Å². The highest BCUT2D eigenvalue weighted by molar-refractivity contribution is 7.98. The first kappa shape index (κ1) is 14.0. The number of rotatable bonds is 5. The van der Waals surface area contributed by atoms with Crippen LogP contribution in [0.15, 0.2) is 47.5 Å². The van der Waals surface area contributed by atoms with Crippen molar-refractivity contribution in [2.45, 2.75) is 10.6 Å². The number of nitrogens with zero attached hydrogens (tertiary/aromatic N) is 2. The van der Waals surface area contributed by atoms with Crippen LogP contribution in [-0.2, 0) is 5.75 Å². The van der Waals surface area contributed by atoms with Crippen molar-refractivity contribution in [1.82, 2.24) is 4.98 Å². The fraction of sp³-hybridized carbons (Fsp3) is 0.0769. The number of hydrogen-bond acceptors (Lipinski definition) is 5. The standard InChI is InChI=1S/C13H10N2O4S/c16-13(17)12-9(4-3-7-14-12)8-20-11-6-2-1-5-10(11)15(18)19/h1-7H,8H2,(H,16,17). The molecule has 0 unspecified atom stereocenters. The number of para-hydroxylation sites is 1. The molecule has 1 heterocycles. The van der Waals surface area contributed by atoms with Gasteiger partial charge in [-0.05, 0) is 17.7 Å². The van der Waals surface area contributed by atoms with Crippen LogP contribution >= 0.6 is 11.8 Å². The molecule has 6 nitrogen and oxygen atoms in total. The fourth-order valence-electron chi connectivity index (χ4n) is 1.63. The summed E-state index contributed by atoms with van der Waals surface area (Å²) >= 11 is 1.22. The molecule has 20 heavy (non-hydrogen) atoms. The molecule has 2 rings (SSSR count). The monoisotopic (exact) mass is 290 g/mol. The van der Waals surface area contributed by atoms with Gasteiger partial charge in [-0.1, -0.05) is 18.2 Å². The van der Waals surface area contributed by atoms with E-state index in [2.05, 4.69) is 4.98 Å². The zero-order valence-electron chi connectivity index (χ0n) is 10.2. The lowest BCUT2D eigenvalue weighted by Crippen LogP contribution is -2.04. The molecule has 0 atom stereocenters. The highest BCUT2D eigenvalue weighted by Crippen LogP contribution is 2.31. The number of benzene rings is 1. The number of pyridine rings is 1. The molecule has 1 aromatic heterocycles. The lowest BCUT2D eigenvalue weighted by Gasteiger charge is -2.05. The average molecular weight is 290 g/mol. The van der Waals surface area contributed by atoms with Crippen LogP contribution in [-0.4, -0.2) is 21.0 Å². The third kappa shape index (κ3) is 3.12. The zero-order chi connectivity index (χ0) is 14.5. The summed E-state index contributed by atoms with van der Waals surface area (Å²) in [7, 11) is 0. The molecule has 0 saturated heterocycles. The molecule has 0 aliphatic heterocycles. The maximum atomic E-state index is 11.0. The molecule has 7 heteroatoms. The minimum atomic E-state index is -1.11. The Labute approximate surface area is 118 Å². The van der Waals surface area contributed by atoms with E-state index in [4.69, 9.17) is 5.11 Å². The molecule has 1 aromatic carbocycles. The number of thioether (sulfide) groups is 1. The molecule has 0 radical (unpaired) electrons. The van der Waals surface area contributed by atoms with E-state index in [0.29, 0.717) is 16.2 Å². The van der Waals surface area contributed by atoms with Crippen LogP contribution in [0, 0.1) is 10.1 Å². The molecule has 1 N–H and O–H groups in total. The molecule has 0 amide bonds. The molecule has 0 aliphatic carbocycles. The molecule has 0 saturated carbocycles. The highest BCUT2D eigenvalue weighted by Gasteiger charge is 2.15. The predicted octanol–water partition coefficient (Wildman–Crippen LogP) is 2.98. The average Bonchev–Trinajstić information content (AvgIpc) is 2.45. The Kier molecular flexibility index (Phi) is 4.31. The van der Waals surface area contributed by atoms with Gasteiger partial charge in [0, 0.05) is 18.0 Å². The Balaban J connectivity index is 2.22. The number of carboxylic acid groups (broad SMARTS) is 1. The van der Waals surface area contributed by atoms with Gasteiger partial charge in [-0.15, -0.1) is 11.8 Å². The van der Waals surface area contributed by atoms with E-state index in [1.54, 1.807) is 30.3 Å². The van der Waals surface area contributed by atoms with Gasteiger partial charge in [0.2, 0.25) is 0 Å². The minimum absolute atomic E-state index is 0.0123. The molecular formula is C13H10N2O4S. The summed E-state index contributed by atoms with van der Waals surface area (Å²) < 4.78 is 0. The van der Waals surface area contributed by atoms with Crippen molar-refractivity contribution in [3.8, 4) is 0 Å². The van der Waals surface area contributed by atoms with Gasteiger partial charge in [0.1, 0.15) is 0 Å². The summed E-state index contributed by atoms with van der Waals surface area (Å²) in [5.74, 6) is -0.802. The molecule has 102 valence electrons. The Bertz CT molecular complexity index is 603. The first-order valence-electron chi connectivity index (χ1n) is 5.63. The first-order chi connectivity index (χ1) is 9.59. The van der Waals surface area contributed by atoms with E-state index in [9.17, 15) is 14.9 Å². The van der Waals surface area contributed by atoms with E-state index in [1.165, 1.54) is 24.0 Å². The van der Waals surface area contributed by atoms with E-state index in [1.807, 2.05) is 0 Å². The van der Waals surface area contributed by atoms with E-state index in [0.717, 1.165) is 0 Å². The zero-order valence-corrected chi connectivity index (χ0v) is 11.0. The maximum absolute atomic E-state index is 11.0. The molecule has 0 spiro atoms. The molecular weight excluding hydrogens is 280 g/mol. The van der Waals surface area contributed by atoms with Gasteiger partial charge in [0.25, 0.3) is 5.69 Å². The summed E-state index contributed by atoms with van der Waals surface area (Å²) in [6.45, 7) is 0. The second kappa shape index (κ2) is 6.16. The van der Waals surface area contributed by atoms with Crippen LogP contribution in [0.25, 0.3) is 0 Å². The highest BCUT2D eigenvalue weighted by atomic mass is 32.2. The fourth-order valence-corrected chi connectivity index (χ4v) is 2.64. The molecule has 2 aromatic rings. The second-order valence-electron chi connectivity index (χ2n) is 3.83. The van der Waals surface area contributed by atoms with Crippen molar-refractivity contribution in [3.05, 3.63) is 64.0 Å². The van der Waals surface area contributed by atoms with Gasteiger partial charge >= 0.3 is 5.97 Å². The summed E-state index contributed by atoms with van der Waals surface area (Å²) in [5, 5.41) is 19.9. The van der Waals surface area contributed by atoms with Crippen LogP contribution in [0.2, 0.25) is 0 Å². The third-order valence-electron chi connectivity index (χ3n) is 2.54. The lowest BCUT2D eigenvalue weighted by atomic mass is 10.2. The van der Waals surface area contributed by atoms with Crippen LogP contribution < -0.4 is 0 Å². The number of nitro groups is 1.